The van der Waals surface area contributed by atoms with Gasteiger partial charge in [0.2, 0.25) is 0 Å². The van der Waals surface area contributed by atoms with Gasteiger partial charge < -0.3 is 34.3 Å². The lowest BCUT2D eigenvalue weighted by molar-refractivity contribution is -0.148. The van der Waals surface area contributed by atoms with E-state index in [9.17, 15) is 14.7 Å². The molecule has 9 nitrogen and oxygen atoms in total. The molecular weight excluding hydrogens is 548 g/mol. The van der Waals surface area contributed by atoms with Crippen molar-refractivity contribution >= 4 is 23.6 Å². The van der Waals surface area contributed by atoms with Crippen LogP contribution in [0.5, 0.6) is 11.5 Å². The van der Waals surface area contributed by atoms with E-state index in [4.69, 9.17) is 30.5 Å². The first-order valence-electron chi connectivity index (χ1n) is 14.4. The van der Waals surface area contributed by atoms with E-state index in [2.05, 4.69) is 5.32 Å². The number of carboxylic acids is 1. The number of ether oxygens (including phenoxy) is 4. The van der Waals surface area contributed by atoms with Gasteiger partial charge >= 0.3 is 12.0 Å². The Bertz CT molecular complexity index is 1180. The van der Waals surface area contributed by atoms with E-state index in [0.717, 1.165) is 24.0 Å². The number of nitrogens with zero attached hydrogens (tertiary/aromatic N) is 1. The number of carbonyl (C=O) groups is 2. The number of carboxylic acid groups (broad SMARTS) is 1. The highest BCUT2D eigenvalue weighted by Gasteiger charge is 2.43. The molecule has 1 atom stereocenters. The summed E-state index contributed by atoms with van der Waals surface area (Å²) in [7, 11) is 0. The van der Waals surface area contributed by atoms with Gasteiger partial charge in [0.1, 0.15) is 17.0 Å². The zero-order chi connectivity index (χ0) is 29.4. The molecule has 4 rings (SSSR count). The molecule has 1 saturated heterocycles. The van der Waals surface area contributed by atoms with Gasteiger partial charge in [-0.1, -0.05) is 41.9 Å². The Balaban J connectivity index is 1.64. The quantitative estimate of drug-likeness (QED) is 0.263. The van der Waals surface area contributed by atoms with Gasteiger partial charge in [-0.05, 0) is 51.2 Å². The van der Waals surface area contributed by atoms with Gasteiger partial charge in [-0.15, -0.1) is 0 Å². The summed E-state index contributed by atoms with van der Waals surface area (Å²) in [5.74, 6) is 0.550. The molecule has 2 aromatic carbocycles. The molecule has 41 heavy (non-hydrogen) atoms. The van der Waals surface area contributed by atoms with Crippen LogP contribution < -0.4 is 14.8 Å². The zero-order valence-electron chi connectivity index (χ0n) is 24.1. The predicted octanol–water partition coefficient (Wildman–Crippen LogP) is 5.94. The minimum absolute atomic E-state index is 0.181. The number of urea groups is 1. The van der Waals surface area contributed by atoms with Crippen LogP contribution in [0, 0.1) is 0 Å². The Hall–Kier alpha value is -3.01. The van der Waals surface area contributed by atoms with Crippen molar-refractivity contribution in [3.05, 3.63) is 58.1 Å². The van der Waals surface area contributed by atoms with Crippen molar-refractivity contribution < 1.29 is 33.6 Å². The fraction of sp³-hybridized carbons (Fsp3) is 0.548. The van der Waals surface area contributed by atoms with E-state index in [-0.39, 0.29) is 39.2 Å². The first-order chi connectivity index (χ1) is 19.8. The maximum Gasteiger partial charge on any atom is 0.329 e. The van der Waals surface area contributed by atoms with E-state index in [1.54, 1.807) is 4.90 Å². The molecule has 0 spiro atoms. The maximum absolute atomic E-state index is 13.9. The molecule has 10 heteroatoms. The van der Waals surface area contributed by atoms with Crippen LogP contribution in [-0.4, -0.2) is 67.1 Å². The standard InChI is InChI=1S/C31H41ClN2O7/c1-4-40-25-19-24(27(32)28(41-5-2)26(25)23-11-12-23)21(3)34(15-18-39-20-22-9-7-6-8-10-22)30(37)33-31(29(35)36)13-16-38-17-14-31/h6-10,19,21,23H,4-5,11-18,20H2,1-3H3,(H,33,37)(H,35,36). The molecular formula is C31H41ClN2O7. The number of amides is 2. The second kappa shape index (κ2) is 14.2. The SMILES string of the molecule is CCOc1cc(C(C)N(CCOCc2ccccc2)C(=O)NC2(C(=O)O)CCOCC2)c(Cl)c(OCC)c1C1CC1. The number of benzene rings is 2. The lowest BCUT2D eigenvalue weighted by atomic mass is 9.90. The fourth-order valence-corrected chi connectivity index (χ4v) is 5.59. The van der Waals surface area contributed by atoms with Crippen LogP contribution >= 0.6 is 11.6 Å². The van der Waals surface area contributed by atoms with Crippen molar-refractivity contribution in [2.24, 2.45) is 0 Å². The van der Waals surface area contributed by atoms with Gasteiger partial charge in [0.25, 0.3) is 0 Å². The minimum Gasteiger partial charge on any atom is -0.493 e. The Morgan fingerprint density at radius 1 is 1.15 bits per heavy atom. The minimum atomic E-state index is -1.41. The second-order valence-electron chi connectivity index (χ2n) is 10.5. The van der Waals surface area contributed by atoms with Crippen LogP contribution in [0.3, 0.4) is 0 Å². The van der Waals surface area contributed by atoms with Crippen LogP contribution in [0.25, 0.3) is 0 Å². The third-order valence-corrected chi connectivity index (χ3v) is 8.08. The van der Waals surface area contributed by atoms with Gasteiger partial charge in [0.15, 0.2) is 0 Å². The van der Waals surface area contributed by atoms with Crippen molar-refractivity contribution in [1.82, 2.24) is 10.2 Å². The zero-order valence-corrected chi connectivity index (χ0v) is 24.9. The summed E-state index contributed by atoms with van der Waals surface area (Å²) in [5, 5.41) is 13.3. The van der Waals surface area contributed by atoms with Gasteiger partial charge in [0.05, 0.1) is 37.5 Å². The molecule has 1 unspecified atom stereocenters. The van der Waals surface area contributed by atoms with E-state index in [0.29, 0.717) is 47.8 Å². The number of halogens is 1. The predicted molar refractivity (Wildman–Crippen MR) is 156 cm³/mol. The Morgan fingerprint density at radius 2 is 1.83 bits per heavy atom. The monoisotopic (exact) mass is 588 g/mol. The molecule has 2 fully saturated rings. The van der Waals surface area contributed by atoms with Crippen LogP contribution in [0.2, 0.25) is 5.02 Å². The Labute approximate surface area is 247 Å². The summed E-state index contributed by atoms with van der Waals surface area (Å²) in [4.78, 5) is 27.8. The average molecular weight is 589 g/mol. The summed E-state index contributed by atoms with van der Waals surface area (Å²) in [6, 6.07) is 10.6. The van der Waals surface area contributed by atoms with Crippen LogP contribution in [0.1, 0.15) is 75.1 Å². The average Bonchev–Trinajstić information content (AvgIpc) is 3.81. The molecule has 1 saturated carbocycles. The number of rotatable bonds is 14. The number of hydrogen-bond donors (Lipinski definition) is 2. The summed E-state index contributed by atoms with van der Waals surface area (Å²) in [6.07, 6.45) is 2.44. The molecule has 224 valence electrons. The molecule has 2 N–H and O–H groups in total. The second-order valence-corrected chi connectivity index (χ2v) is 10.9. The maximum atomic E-state index is 13.9. The summed E-state index contributed by atoms with van der Waals surface area (Å²) >= 11 is 7.01. The van der Waals surface area contributed by atoms with Crippen molar-refractivity contribution in [3.63, 3.8) is 0 Å². The normalized spacial score (nSPS) is 17.0. The highest BCUT2D eigenvalue weighted by atomic mass is 35.5. The van der Waals surface area contributed by atoms with Crippen LogP contribution in [-0.2, 0) is 20.9 Å². The molecule has 1 heterocycles. The van der Waals surface area contributed by atoms with Crippen molar-refractivity contribution in [1.29, 1.82) is 0 Å². The molecule has 1 aliphatic heterocycles. The molecule has 1 aliphatic carbocycles. The molecule has 2 aromatic rings. The lowest BCUT2D eigenvalue weighted by Crippen LogP contribution is -2.60. The van der Waals surface area contributed by atoms with Gasteiger partial charge in [-0.3, -0.25) is 0 Å². The lowest BCUT2D eigenvalue weighted by Gasteiger charge is -2.38. The molecule has 0 bridgehead atoms. The van der Waals surface area contributed by atoms with E-state index >= 15 is 0 Å². The summed E-state index contributed by atoms with van der Waals surface area (Å²) < 4.78 is 23.4. The number of carbonyl (C=O) groups excluding carboxylic acids is 1. The Kier molecular flexibility index (Phi) is 10.8. The summed E-state index contributed by atoms with van der Waals surface area (Å²) in [5.41, 5.74) is 1.25. The highest BCUT2D eigenvalue weighted by Crippen LogP contribution is 2.53. The van der Waals surface area contributed by atoms with E-state index in [1.807, 2.05) is 57.2 Å². The number of nitrogens with one attached hydrogen (secondary N) is 1. The van der Waals surface area contributed by atoms with Crippen LogP contribution in [0.4, 0.5) is 4.79 Å². The Morgan fingerprint density at radius 3 is 2.44 bits per heavy atom. The van der Waals surface area contributed by atoms with E-state index in [1.165, 1.54) is 0 Å². The van der Waals surface area contributed by atoms with Crippen LogP contribution in [0.15, 0.2) is 36.4 Å². The molecule has 2 amide bonds. The highest BCUT2D eigenvalue weighted by molar-refractivity contribution is 6.33. The first kappa shape index (κ1) is 30.9. The van der Waals surface area contributed by atoms with Crippen molar-refractivity contribution in [2.45, 2.75) is 70.6 Å². The summed E-state index contributed by atoms with van der Waals surface area (Å²) in [6.45, 7) is 7.97. The fourth-order valence-electron chi connectivity index (χ4n) is 5.22. The molecule has 2 aliphatic rings. The van der Waals surface area contributed by atoms with Gasteiger partial charge in [-0.2, -0.15) is 0 Å². The van der Waals surface area contributed by atoms with E-state index < -0.39 is 23.6 Å². The third-order valence-electron chi connectivity index (χ3n) is 7.69. The smallest absolute Gasteiger partial charge is 0.329 e. The molecule has 0 radical (unpaired) electrons. The third kappa shape index (κ3) is 7.45. The van der Waals surface area contributed by atoms with Crippen molar-refractivity contribution in [3.8, 4) is 11.5 Å². The number of aliphatic carboxylic acids is 1. The largest absolute Gasteiger partial charge is 0.493 e. The van der Waals surface area contributed by atoms with Gasteiger partial charge in [0, 0.05) is 43.7 Å². The van der Waals surface area contributed by atoms with Gasteiger partial charge in [-0.25, -0.2) is 9.59 Å². The first-order valence-corrected chi connectivity index (χ1v) is 14.8. The van der Waals surface area contributed by atoms with Crippen molar-refractivity contribution in [2.75, 3.05) is 39.6 Å². The molecule has 0 aromatic heterocycles. The topological polar surface area (TPSA) is 107 Å². The number of hydrogen-bond acceptors (Lipinski definition) is 6.